The Bertz CT molecular complexity index is 1030. The van der Waals surface area contributed by atoms with Crippen LogP contribution in [0.2, 0.25) is 0 Å². The molecule has 8 nitrogen and oxygen atoms in total. The van der Waals surface area contributed by atoms with Crippen LogP contribution in [0, 0.1) is 6.92 Å². The number of carbonyl (C=O) groups excluding carboxylic acids is 1. The number of nitrogens with one attached hydrogen (secondary N) is 1. The molecule has 0 aliphatic heterocycles. The van der Waals surface area contributed by atoms with Crippen LogP contribution in [0.15, 0.2) is 65.6 Å². The molecule has 0 saturated carbocycles. The van der Waals surface area contributed by atoms with Crippen molar-refractivity contribution < 1.29 is 9.21 Å². The SMILES string of the molecule is Cc1ccc(Cn2cnc(NC(=O)c3ccc(Cn4cccn4)o3)n2)cc1. The summed E-state index contributed by atoms with van der Waals surface area (Å²) in [6.45, 7) is 3.09. The Hall–Kier alpha value is -3.68. The third-order valence-corrected chi connectivity index (χ3v) is 3.99. The van der Waals surface area contributed by atoms with E-state index in [2.05, 4.69) is 20.5 Å². The highest BCUT2D eigenvalue weighted by Gasteiger charge is 2.14. The molecule has 0 unspecified atom stereocenters. The van der Waals surface area contributed by atoms with Crippen LogP contribution < -0.4 is 5.32 Å². The van der Waals surface area contributed by atoms with E-state index >= 15 is 0 Å². The lowest BCUT2D eigenvalue weighted by atomic mass is 10.1. The minimum absolute atomic E-state index is 0.201. The van der Waals surface area contributed by atoms with Gasteiger partial charge < -0.3 is 4.42 Å². The quantitative estimate of drug-likeness (QED) is 0.569. The number of amides is 1. The van der Waals surface area contributed by atoms with Crippen LogP contribution >= 0.6 is 0 Å². The highest BCUT2D eigenvalue weighted by atomic mass is 16.4. The largest absolute Gasteiger partial charge is 0.454 e. The van der Waals surface area contributed by atoms with Crippen LogP contribution in [0.4, 0.5) is 5.95 Å². The Kier molecular flexibility index (Phi) is 4.52. The fourth-order valence-electron chi connectivity index (χ4n) is 2.61. The summed E-state index contributed by atoms with van der Waals surface area (Å²) >= 11 is 0. The lowest BCUT2D eigenvalue weighted by Gasteiger charge is -2.01. The average molecular weight is 362 g/mol. The van der Waals surface area contributed by atoms with Crippen molar-refractivity contribution in [2.24, 2.45) is 0 Å². The maximum Gasteiger partial charge on any atom is 0.293 e. The summed E-state index contributed by atoms with van der Waals surface area (Å²) < 4.78 is 8.96. The van der Waals surface area contributed by atoms with Crippen molar-refractivity contribution in [3.05, 3.63) is 83.8 Å². The van der Waals surface area contributed by atoms with Crippen molar-refractivity contribution >= 4 is 11.9 Å². The number of anilines is 1. The van der Waals surface area contributed by atoms with Crippen LogP contribution in [-0.4, -0.2) is 30.5 Å². The van der Waals surface area contributed by atoms with Gasteiger partial charge in [-0.05, 0) is 30.7 Å². The number of nitrogens with zero attached hydrogens (tertiary/aromatic N) is 5. The molecule has 0 fully saturated rings. The minimum atomic E-state index is -0.394. The van der Waals surface area contributed by atoms with Crippen molar-refractivity contribution in [3.63, 3.8) is 0 Å². The Morgan fingerprint density at radius 1 is 1.11 bits per heavy atom. The molecule has 4 rings (SSSR count). The lowest BCUT2D eigenvalue weighted by molar-refractivity contribution is 0.0993. The summed E-state index contributed by atoms with van der Waals surface area (Å²) in [6.07, 6.45) is 5.10. The number of benzene rings is 1. The fourth-order valence-corrected chi connectivity index (χ4v) is 2.61. The molecule has 0 spiro atoms. The van der Waals surface area contributed by atoms with Crippen LogP contribution in [0.1, 0.15) is 27.4 Å². The number of aryl methyl sites for hydroxylation is 1. The van der Waals surface area contributed by atoms with Gasteiger partial charge in [0.15, 0.2) is 5.76 Å². The summed E-state index contributed by atoms with van der Waals surface area (Å²) in [4.78, 5) is 16.4. The summed E-state index contributed by atoms with van der Waals surface area (Å²) in [7, 11) is 0. The molecule has 0 aliphatic rings. The second-order valence-electron chi connectivity index (χ2n) is 6.18. The highest BCUT2D eigenvalue weighted by molar-refractivity contribution is 6.01. The monoisotopic (exact) mass is 362 g/mol. The van der Waals surface area contributed by atoms with Gasteiger partial charge in [-0.15, -0.1) is 5.10 Å². The van der Waals surface area contributed by atoms with E-state index in [9.17, 15) is 4.79 Å². The van der Waals surface area contributed by atoms with Gasteiger partial charge in [0.2, 0.25) is 5.95 Å². The molecule has 8 heteroatoms. The Labute approximate surface area is 155 Å². The molecule has 0 aliphatic carbocycles. The second kappa shape index (κ2) is 7.28. The smallest absolute Gasteiger partial charge is 0.293 e. The van der Waals surface area contributed by atoms with Gasteiger partial charge in [0, 0.05) is 12.4 Å². The molecule has 136 valence electrons. The van der Waals surface area contributed by atoms with E-state index in [-0.39, 0.29) is 11.7 Å². The minimum Gasteiger partial charge on any atom is -0.454 e. The lowest BCUT2D eigenvalue weighted by Crippen LogP contribution is -2.12. The van der Waals surface area contributed by atoms with Crippen LogP contribution in [0.3, 0.4) is 0 Å². The van der Waals surface area contributed by atoms with E-state index in [0.717, 1.165) is 5.56 Å². The van der Waals surface area contributed by atoms with Gasteiger partial charge in [0.05, 0.1) is 13.1 Å². The van der Waals surface area contributed by atoms with Gasteiger partial charge in [0.1, 0.15) is 12.1 Å². The Morgan fingerprint density at radius 2 is 1.96 bits per heavy atom. The van der Waals surface area contributed by atoms with Gasteiger partial charge in [0.25, 0.3) is 5.91 Å². The molecule has 4 aromatic rings. The average Bonchev–Trinajstić information content (AvgIpc) is 3.40. The number of furan rings is 1. The number of aromatic nitrogens is 5. The van der Waals surface area contributed by atoms with Gasteiger partial charge in [-0.3, -0.25) is 14.8 Å². The zero-order chi connectivity index (χ0) is 18.6. The fraction of sp³-hybridized carbons (Fsp3) is 0.158. The number of carbonyl (C=O) groups is 1. The third-order valence-electron chi connectivity index (χ3n) is 3.99. The molecule has 0 atom stereocenters. The van der Waals surface area contributed by atoms with E-state index in [1.165, 1.54) is 5.56 Å². The van der Waals surface area contributed by atoms with E-state index in [1.54, 1.807) is 34.0 Å². The Balaban J connectivity index is 1.38. The number of hydrogen-bond acceptors (Lipinski definition) is 5. The van der Waals surface area contributed by atoms with Crippen molar-refractivity contribution in [3.8, 4) is 0 Å². The molecule has 3 heterocycles. The van der Waals surface area contributed by atoms with E-state index in [1.807, 2.05) is 43.5 Å². The number of rotatable bonds is 6. The van der Waals surface area contributed by atoms with Crippen molar-refractivity contribution in [1.82, 2.24) is 24.5 Å². The van der Waals surface area contributed by atoms with Gasteiger partial charge in [-0.25, -0.2) is 9.67 Å². The zero-order valence-corrected chi connectivity index (χ0v) is 14.7. The predicted octanol–water partition coefficient (Wildman–Crippen LogP) is 2.72. The first-order valence-electron chi connectivity index (χ1n) is 8.48. The van der Waals surface area contributed by atoms with Crippen molar-refractivity contribution in [1.29, 1.82) is 0 Å². The molecule has 0 saturated heterocycles. The standard InChI is InChI=1S/C19H18N6O2/c1-14-3-5-15(6-4-14)11-25-13-20-19(23-25)22-18(26)17-8-7-16(27-17)12-24-10-2-9-21-24/h2-10,13H,11-12H2,1H3,(H,22,23,26). The predicted molar refractivity (Wildman–Crippen MR) is 98.3 cm³/mol. The summed E-state index contributed by atoms with van der Waals surface area (Å²) in [6, 6.07) is 13.4. The maximum absolute atomic E-state index is 12.3. The molecular formula is C19H18N6O2. The molecule has 3 aromatic heterocycles. The topological polar surface area (TPSA) is 90.8 Å². The van der Waals surface area contributed by atoms with Gasteiger partial charge in [-0.1, -0.05) is 29.8 Å². The third kappa shape index (κ3) is 4.12. The molecule has 0 bridgehead atoms. The molecule has 27 heavy (non-hydrogen) atoms. The summed E-state index contributed by atoms with van der Waals surface area (Å²) in [5, 5.41) is 11.0. The second-order valence-corrected chi connectivity index (χ2v) is 6.18. The number of hydrogen-bond donors (Lipinski definition) is 1. The first kappa shape index (κ1) is 16.8. The Morgan fingerprint density at radius 3 is 2.74 bits per heavy atom. The summed E-state index contributed by atoms with van der Waals surface area (Å²) in [5.74, 6) is 0.681. The van der Waals surface area contributed by atoms with Gasteiger partial charge in [-0.2, -0.15) is 5.10 Å². The van der Waals surface area contributed by atoms with Crippen LogP contribution in [0.25, 0.3) is 0 Å². The zero-order valence-electron chi connectivity index (χ0n) is 14.7. The normalized spacial score (nSPS) is 10.9. The maximum atomic E-state index is 12.3. The van der Waals surface area contributed by atoms with Crippen LogP contribution in [0.5, 0.6) is 0 Å². The van der Waals surface area contributed by atoms with E-state index < -0.39 is 5.91 Å². The van der Waals surface area contributed by atoms with Crippen molar-refractivity contribution in [2.45, 2.75) is 20.0 Å². The molecule has 1 aromatic carbocycles. The van der Waals surface area contributed by atoms with E-state index in [0.29, 0.717) is 18.8 Å². The molecular weight excluding hydrogens is 344 g/mol. The molecule has 0 radical (unpaired) electrons. The first-order valence-corrected chi connectivity index (χ1v) is 8.48. The van der Waals surface area contributed by atoms with Crippen molar-refractivity contribution in [2.75, 3.05) is 5.32 Å². The highest BCUT2D eigenvalue weighted by Crippen LogP contribution is 2.11. The van der Waals surface area contributed by atoms with Gasteiger partial charge >= 0.3 is 0 Å². The summed E-state index contributed by atoms with van der Waals surface area (Å²) in [5.41, 5.74) is 2.31. The van der Waals surface area contributed by atoms with Crippen LogP contribution in [-0.2, 0) is 13.1 Å². The molecule has 1 amide bonds. The van der Waals surface area contributed by atoms with E-state index in [4.69, 9.17) is 4.42 Å². The first-order chi connectivity index (χ1) is 13.2. The molecule has 1 N–H and O–H groups in total.